The van der Waals surface area contributed by atoms with Crippen molar-refractivity contribution in [2.75, 3.05) is 19.7 Å². The van der Waals surface area contributed by atoms with Crippen LogP contribution in [0.2, 0.25) is 0 Å². The third-order valence-electron chi connectivity index (χ3n) is 4.57. The number of hydrogen-bond acceptors (Lipinski definition) is 4. The fraction of sp³-hybridized carbons (Fsp3) is 0.286. The van der Waals surface area contributed by atoms with E-state index in [4.69, 9.17) is 4.74 Å². The number of morpholine rings is 1. The minimum atomic E-state index is -1.10. The van der Waals surface area contributed by atoms with E-state index in [-0.39, 0.29) is 19.1 Å². The molecule has 7 heteroatoms. The molecular formula is C21H22N2O5. The largest absolute Gasteiger partial charge is 0.480 e. The summed E-state index contributed by atoms with van der Waals surface area (Å²) in [4.78, 5) is 37.5. The van der Waals surface area contributed by atoms with E-state index in [1.807, 2.05) is 48.5 Å². The average molecular weight is 382 g/mol. The van der Waals surface area contributed by atoms with Crippen molar-refractivity contribution in [3.8, 4) is 0 Å². The zero-order valence-corrected chi connectivity index (χ0v) is 15.3. The number of ether oxygens (including phenoxy) is 1. The van der Waals surface area contributed by atoms with Crippen LogP contribution in [0.3, 0.4) is 0 Å². The van der Waals surface area contributed by atoms with Gasteiger partial charge in [-0.2, -0.15) is 0 Å². The van der Waals surface area contributed by atoms with Gasteiger partial charge < -0.3 is 20.1 Å². The summed E-state index contributed by atoms with van der Waals surface area (Å²) in [5.74, 6) is -1.86. The predicted molar refractivity (Wildman–Crippen MR) is 101 cm³/mol. The number of carbonyl (C=O) groups excluding carboxylic acids is 2. The lowest BCUT2D eigenvalue weighted by atomic mass is 9.98. The van der Waals surface area contributed by atoms with Crippen LogP contribution in [0.4, 0.5) is 0 Å². The van der Waals surface area contributed by atoms with Crippen molar-refractivity contribution in [1.29, 1.82) is 0 Å². The summed E-state index contributed by atoms with van der Waals surface area (Å²) in [7, 11) is 0. The highest BCUT2D eigenvalue weighted by Crippen LogP contribution is 2.24. The Kier molecular flexibility index (Phi) is 6.39. The number of hydrogen-bond donors (Lipinski definition) is 2. The first-order chi connectivity index (χ1) is 13.5. The van der Waals surface area contributed by atoms with Crippen LogP contribution in [0.1, 0.15) is 17.2 Å². The van der Waals surface area contributed by atoms with E-state index in [9.17, 15) is 19.5 Å². The molecule has 2 amide bonds. The lowest BCUT2D eigenvalue weighted by Gasteiger charge is -2.34. The molecule has 28 heavy (non-hydrogen) atoms. The lowest BCUT2D eigenvalue weighted by molar-refractivity contribution is -0.158. The van der Waals surface area contributed by atoms with Gasteiger partial charge in [0.15, 0.2) is 6.10 Å². The molecule has 2 atom stereocenters. The third kappa shape index (κ3) is 4.95. The van der Waals surface area contributed by atoms with E-state index in [0.29, 0.717) is 6.42 Å². The maximum Gasteiger partial charge on any atom is 0.323 e. The van der Waals surface area contributed by atoms with Gasteiger partial charge in [0.25, 0.3) is 5.91 Å². The number of carboxylic acid groups (broad SMARTS) is 1. The van der Waals surface area contributed by atoms with E-state index < -0.39 is 30.6 Å². The molecule has 2 aromatic carbocycles. The van der Waals surface area contributed by atoms with E-state index in [0.717, 1.165) is 11.1 Å². The van der Waals surface area contributed by atoms with Crippen LogP contribution in [0.5, 0.6) is 0 Å². The second kappa shape index (κ2) is 9.14. The summed E-state index contributed by atoms with van der Waals surface area (Å²) in [6.07, 6.45) is -0.454. The van der Waals surface area contributed by atoms with Gasteiger partial charge in [0.2, 0.25) is 5.91 Å². The number of carboxylic acids is 1. The quantitative estimate of drug-likeness (QED) is 0.755. The van der Waals surface area contributed by atoms with Crippen molar-refractivity contribution < 1.29 is 24.2 Å². The van der Waals surface area contributed by atoms with E-state index in [2.05, 4.69) is 5.32 Å². The molecule has 0 unspecified atom stereocenters. The van der Waals surface area contributed by atoms with Crippen molar-refractivity contribution in [1.82, 2.24) is 10.2 Å². The van der Waals surface area contributed by atoms with Gasteiger partial charge in [-0.25, -0.2) is 0 Å². The molecular weight excluding hydrogens is 360 g/mol. The number of benzene rings is 2. The van der Waals surface area contributed by atoms with Crippen LogP contribution in [-0.2, 0) is 25.5 Å². The Morgan fingerprint density at radius 2 is 1.71 bits per heavy atom. The first kappa shape index (κ1) is 19.6. The van der Waals surface area contributed by atoms with Gasteiger partial charge >= 0.3 is 5.97 Å². The summed E-state index contributed by atoms with van der Waals surface area (Å²) in [5.41, 5.74) is 1.73. The van der Waals surface area contributed by atoms with E-state index in [1.165, 1.54) is 4.90 Å². The molecule has 146 valence electrons. The normalized spacial score (nSPS) is 18.9. The highest BCUT2D eigenvalue weighted by molar-refractivity contribution is 5.88. The van der Waals surface area contributed by atoms with E-state index in [1.54, 1.807) is 12.1 Å². The Bertz CT molecular complexity index is 825. The van der Waals surface area contributed by atoms with Crippen LogP contribution in [0.25, 0.3) is 0 Å². The second-order valence-electron chi connectivity index (χ2n) is 6.58. The molecule has 0 aromatic heterocycles. The molecule has 7 nitrogen and oxygen atoms in total. The first-order valence-electron chi connectivity index (χ1n) is 9.05. The van der Waals surface area contributed by atoms with Crippen LogP contribution in [0, 0.1) is 0 Å². The summed E-state index contributed by atoms with van der Waals surface area (Å²) >= 11 is 0. The molecule has 1 saturated heterocycles. The molecule has 0 aliphatic carbocycles. The van der Waals surface area contributed by atoms with Crippen LogP contribution < -0.4 is 5.32 Å². The molecule has 2 aromatic rings. The number of nitrogens with zero attached hydrogens (tertiary/aromatic N) is 1. The molecule has 1 fully saturated rings. The monoisotopic (exact) mass is 382 g/mol. The van der Waals surface area contributed by atoms with Crippen molar-refractivity contribution in [3.63, 3.8) is 0 Å². The van der Waals surface area contributed by atoms with Gasteiger partial charge in [-0.05, 0) is 17.5 Å². The molecule has 0 saturated carbocycles. The average Bonchev–Trinajstić information content (AvgIpc) is 2.71. The highest BCUT2D eigenvalue weighted by atomic mass is 16.5. The van der Waals surface area contributed by atoms with Gasteiger partial charge in [-0.15, -0.1) is 0 Å². The number of nitrogens with one attached hydrogen (secondary N) is 1. The topological polar surface area (TPSA) is 95.9 Å². The number of aliphatic carboxylic acids is 1. The van der Waals surface area contributed by atoms with Crippen molar-refractivity contribution in [2.24, 2.45) is 0 Å². The van der Waals surface area contributed by atoms with Gasteiger partial charge in [0.1, 0.15) is 13.2 Å². The Balaban J connectivity index is 1.78. The molecule has 0 radical (unpaired) electrons. The molecule has 1 aliphatic heterocycles. The van der Waals surface area contributed by atoms with Crippen molar-refractivity contribution >= 4 is 17.8 Å². The van der Waals surface area contributed by atoms with Crippen LogP contribution in [-0.4, -0.2) is 53.6 Å². The number of amides is 2. The molecule has 2 N–H and O–H groups in total. The Labute approximate surface area is 162 Å². The fourth-order valence-corrected chi connectivity index (χ4v) is 3.20. The summed E-state index contributed by atoms with van der Waals surface area (Å²) in [6, 6.07) is 17.9. The smallest absolute Gasteiger partial charge is 0.323 e. The van der Waals surface area contributed by atoms with Gasteiger partial charge in [-0.3, -0.25) is 14.4 Å². The Hall–Kier alpha value is -3.19. The van der Waals surface area contributed by atoms with Crippen molar-refractivity contribution in [3.05, 3.63) is 71.8 Å². The van der Waals surface area contributed by atoms with Crippen LogP contribution >= 0.6 is 0 Å². The molecule has 3 rings (SSSR count). The van der Waals surface area contributed by atoms with Gasteiger partial charge in [-0.1, -0.05) is 60.7 Å². The second-order valence-corrected chi connectivity index (χ2v) is 6.58. The van der Waals surface area contributed by atoms with Crippen molar-refractivity contribution in [2.45, 2.75) is 18.6 Å². The molecule has 1 heterocycles. The maximum absolute atomic E-state index is 13.1. The van der Waals surface area contributed by atoms with Gasteiger partial charge in [0.05, 0.1) is 6.04 Å². The van der Waals surface area contributed by atoms with Crippen LogP contribution in [0.15, 0.2) is 60.7 Å². The molecule has 1 aliphatic rings. The summed E-state index contributed by atoms with van der Waals surface area (Å²) < 4.78 is 5.54. The zero-order chi connectivity index (χ0) is 19.9. The zero-order valence-electron chi connectivity index (χ0n) is 15.3. The maximum atomic E-state index is 13.1. The standard InChI is InChI=1S/C21H22N2O5/c24-17-14-28-20(19(22-17)16-9-5-2-6-10-16)21(27)23(13-18(25)26)12-11-15-7-3-1-4-8-15/h1-10,19-20H,11-14H2,(H,22,24)(H,25,26)/t19-,20-/m1/s1. The number of rotatable bonds is 7. The summed E-state index contributed by atoms with van der Waals surface area (Å²) in [5, 5.41) is 12.0. The molecule has 0 bridgehead atoms. The summed E-state index contributed by atoms with van der Waals surface area (Å²) in [6.45, 7) is -0.426. The molecule has 0 spiro atoms. The predicted octanol–water partition coefficient (Wildman–Crippen LogP) is 1.40. The fourth-order valence-electron chi connectivity index (χ4n) is 3.20. The highest BCUT2D eigenvalue weighted by Gasteiger charge is 2.38. The Morgan fingerprint density at radius 1 is 1.07 bits per heavy atom. The minimum Gasteiger partial charge on any atom is -0.480 e. The van der Waals surface area contributed by atoms with Gasteiger partial charge in [0, 0.05) is 6.54 Å². The first-order valence-corrected chi connectivity index (χ1v) is 9.05. The van der Waals surface area contributed by atoms with E-state index >= 15 is 0 Å². The third-order valence-corrected chi connectivity index (χ3v) is 4.57. The number of carbonyl (C=O) groups is 3. The minimum absolute atomic E-state index is 0.237. The Morgan fingerprint density at radius 3 is 2.36 bits per heavy atom. The lowest BCUT2D eigenvalue weighted by Crippen LogP contribution is -2.54. The SMILES string of the molecule is O=C(O)CN(CCc1ccccc1)C(=O)[C@@H]1OCC(=O)N[C@@H]1c1ccccc1.